The van der Waals surface area contributed by atoms with E-state index in [2.05, 4.69) is 116 Å². The molecule has 1 N–H and O–H groups in total. The van der Waals surface area contributed by atoms with E-state index in [1.807, 2.05) is 0 Å². The van der Waals surface area contributed by atoms with Gasteiger partial charge in [0.15, 0.2) is 0 Å². The van der Waals surface area contributed by atoms with Crippen LogP contribution in [-0.4, -0.2) is 11.4 Å². The maximum absolute atomic E-state index is 13.7. The van der Waals surface area contributed by atoms with Gasteiger partial charge >= 0.3 is 0 Å². The van der Waals surface area contributed by atoms with E-state index in [4.69, 9.17) is 0 Å². The predicted molar refractivity (Wildman–Crippen MR) is 139 cm³/mol. The Balaban J connectivity index is 5.64. The minimum Gasteiger partial charge on any atom is -0.351 e. The molecule has 0 rings (SSSR count). The molecule has 2 unspecified atom stereocenters. The van der Waals surface area contributed by atoms with Gasteiger partial charge in [-0.05, 0) is 72.5 Å². The van der Waals surface area contributed by atoms with Crippen molar-refractivity contribution in [2.45, 2.75) is 142 Å². The van der Waals surface area contributed by atoms with Gasteiger partial charge < -0.3 is 5.32 Å². The van der Waals surface area contributed by atoms with E-state index in [1.54, 1.807) is 0 Å². The molecule has 0 bridgehead atoms. The molecule has 0 aromatic carbocycles. The van der Waals surface area contributed by atoms with Crippen molar-refractivity contribution < 1.29 is 4.79 Å². The lowest BCUT2D eigenvalue weighted by atomic mass is 9.64. The molecule has 0 radical (unpaired) electrons. The van der Waals surface area contributed by atoms with Gasteiger partial charge in [-0.3, -0.25) is 4.79 Å². The number of hydrogen-bond acceptors (Lipinski definition) is 1. The third-order valence-electron chi connectivity index (χ3n) is 6.67. The average Bonchev–Trinajstić information content (AvgIpc) is 2.36. The number of carbonyl (C=O) groups excluding carboxylic acids is 1. The molecule has 1 amide bonds. The molecular formula is C29H59NO. The normalized spacial score (nSPS) is 16.8. The molecule has 0 aliphatic carbocycles. The standard InChI is InChI=1S/C29H59NO/c1-21(17-24(2,3)4)27(11,12)20-29(15,16)30-23(31)22(18-25(5,6)7)28(13,14)19-26(8,9)10/h21-22H,17-20H2,1-16H3,(H,30,31). The van der Waals surface area contributed by atoms with Gasteiger partial charge in [-0.25, -0.2) is 0 Å². The van der Waals surface area contributed by atoms with Crippen molar-refractivity contribution in [3.05, 3.63) is 0 Å². The van der Waals surface area contributed by atoms with Crippen LogP contribution in [0.4, 0.5) is 0 Å². The fourth-order valence-electron chi connectivity index (χ4n) is 5.80. The van der Waals surface area contributed by atoms with Gasteiger partial charge in [0, 0.05) is 11.5 Å². The summed E-state index contributed by atoms with van der Waals surface area (Å²) in [6.07, 6.45) is 4.10. The Morgan fingerprint density at radius 2 is 1.03 bits per heavy atom. The number of nitrogens with one attached hydrogen (secondary N) is 1. The first kappa shape index (κ1) is 30.5. The van der Waals surface area contributed by atoms with Crippen LogP contribution >= 0.6 is 0 Å². The van der Waals surface area contributed by atoms with Crippen LogP contribution in [-0.2, 0) is 4.79 Å². The number of rotatable bonds is 9. The van der Waals surface area contributed by atoms with Crippen LogP contribution in [0.15, 0.2) is 0 Å². The monoisotopic (exact) mass is 437 g/mol. The van der Waals surface area contributed by atoms with Gasteiger partial charge in [-0.15, -0.1) is 0 Å². The Morgan fingerprint density at radius 1 is 0.613 bits per heavy atom. The Morgan fingerprint density at radius 3 is 1.39 bits per heavy atom. The molecule has 0 aromatic rings. The van der Waals surface area contributed by atoms with Crippen LogP contribution in [0, 0.1) is 38.9 Å². The molecule has 0 spiro atoms. The maximum Gasteiger partial charge on any atom is 0.224 e. The highest BCUT2D eigenvalue weighted by atomic mass is 16.2. The predicted octanol–water partition coefficient (Wildman–Crippen LogP) is 8.88. The second kappa shape index (κ2) is 9.76. The summed E-state index contributed by atoms with van der Waals surface area (Å²) < 4.78 is 0. The molecule has 2 heteroatoms. The van der Waals surface area contributed by atoms with E-state index in [1.165, 1.54) is 6.42 Å². The minimum absolute atomic E-state index is 0.00103. The molecule has 0 aliphatic heterocycles. The Kier molecular flexibility index (Phi) is 9.59. The lowest BCUT2D eigenvalue weighted by Gasteiger charge is -2.44. The zero-order valence-electron chi connectivity index (χ0n) is 24.4. The number of hydrogen-bond donors (Lipinski definition) is 1. The van der Waals surface area contributed by atoms with Crippen LogP contribution < -0.4 is 5.32 Å². The zero-order chi connectivity index (χ0) is 25.3. The molecule has 31 heavy (non-hydrogen) atoms. The Hall–Kier alpha value is -0.530. The smallest absolute Gasteiger partial charge is 0.224 e. The van der Waals surface area contributed by atoms with Gasteiger partial charge in [-0.1, -0.05) is 96.9 Å². The topological polar surface area (TPSA) is 29.1 Å². The molecule has 0 fully saturated rings. The fraction of sp³-hybridized carbons (Fsp3) is 0.966. The van der Waals surface area contributed by atoms with Crippen molar-refractivity contribution >= 4 is 5.91 Å². The van der Waals surface area contributed by atoms with E-state index in [0.29, 0.717) is 11.3 Å². The summed E-state index contributed by atoms with van der Waals surface area (Å²) in [7, 11) is 0. The van der Waals surface area contributed by atoms with Crippen LogP contribution in [0.25, 0.3) is 0 Å². The van der Waals surface area contributed by atoms with Gasteiger partial charge in [0.1, 0.15) is 0 Å². The summed E-state index contributed by atoms with van der Waals surface area (Å²) >= 11 is 0. The van der Waals surface area contributed by atoms with Crippen molar-refractivity contribution in [3.8, 4) is 0 Å². The highest BCUT2D eigenvalue weighted by molar-refractivity contribution is 5.80. The summed E-state index contributed by atoms with van der Waals surface area (Å²) in [5.74, 6) is 0.820. The molecule has 0 aromatic heterocycles. The van der Waals surface area contributed by atoms with Crippen LogP contribution in [0.2, 0.25) is 0 Å². The van der Waals surface area contributed by atoms with Crippen molar-refractivity contribution in [1.29, 1.82) is 0 Å². The van der Waals surface area contributed by atoms with Gasteiger partial charge in [0.05, 0.1) is 0 Å². The first-order valence-corrected chi connectivity index (χ1v) is 12.6. The lowest BCUT2D eigenvalue weighted by molar-refractivity contribution is -0.133. The van der Waals surface area contributed by atoms with Gasteiger partial charge in [-0.2, -0.15) is 0 Å². The van der Waals surface area contributed by atoms with E-state index in [-0.39, 0.29) is 39.0 Å². The minimum atomic E-state index is -0.235. The quantitative estimate of drug-likeness (QED) is 0.383. The Labute approximate surface area is 197 Å². The summed E-state index contributed by atoms with van der Waals surface area (Å²) in [4.78, 5) is 13.7. The SMILES string of the molecule is CC(CC(C)(C)C)C(C)(C)CC(C)(C)NC(=O)C(CC(C)(C)C)C(C)(C)CC(C)(C)C. The summed E-state index contributed by atoms with van der Waals surface area (Å²) in [5, 5.41) is 3.51. The van der Waals surface area contributed by atoms with E-state index in [9.17, 15) is 4.79 Å². The molecule has 2 atom stereocenters. The molecule has 0 saturated carbocycles. The van der Waals surface area contributed by atoms with Crippen molar-refractivity contribution in [2.75, 3.05) is 0 Å². The zero-order valence-corrected chi connectivity index (χ0v) is 24.4. The third kappa shape index (κ3) is 12.3. The van der Waals surface area contributed by atoms with Gasteiger partial charge in [0.25, 0.3) is 0 Å². The Bertz CT molecular complexity index is 575. The molecule has 0 heterocycles. The molecular weight excluding hydrogens is 378 g/mol. The largest absolute Gasteiger partial charge is 0.351 e. The second-order valence-electron chi connectivity index (χ2n) is 16.2. The van der Waals surface area contributed by atoms with E-state index >= 15 is 0 Å². The lowest BCUT2D eigenvalue weighted by Crippen LogP contribution is -2.52. The summed E-state index contributed by atoms with van der Waals surface area (Å²) in [5.41, 5.74) is 0.492. The molecule has 2 nitrogen and oxygen atoms in total. The van der Waals surface area contributed by atoms with Crippen LogP contribution in [0.5, 0.6) is 0 Å². The summed E-state index contributed by atoms with van der Waals surface area (Å²) in [6, 6.07) is 0. The van der Waals surface area contributed by atoms with Crippen molar-refractivity contribution in [3.63, 3.8) is 0 Å². The van der Waals surface area contributed by atoms with E-state index < -0.39 is 0 Å². The first-order valence-electron chi connectivity index (χ1n) is 12.6. The second-order valence-corrected chi connectivity index (χ2v) is 16.2. The number of amides is 1. The van der Waals surface area contributed by atoms with Crippen LogP contribution in [0.3, 0.4) is 0 Å². The molecule has 0 saturated heterocycles. The highest BCUT2D eigenvalue weighted by Crippen LogP contribution is 2.45. The molecule has 0 aliphatic rings. The van der Waals surface area contributed by atoms with E-state index in [0.717, 1.165) is 19.3 Å². The van der Waals surface area contributed by atoms with Gasteiger partial charge in [0.2, 0.25) is 5.91 Å². The average molecular weight is 438 g/mol. The third-order valence-corrected chi connectivity index (χ3v) is 6.67. The maximum atomic E-state index is 13.7. The van der Waals surface area contributed by atoms with Crippen molar-refractivity contribution in [1.82, 2.24) is 5.32 Å². The van der Waals surface area contributed by atoms with Crippen molar-refractivity contribution in [2.24, 2.45) is 38.9 Å². The first-order chi connectivity index (χ1) is 13.3. The number of carbonyl (C=O) groups is 1. The molecule has 186 valence electrons. The summed E-state index contributed by atoms with van der Waals surface area (Å²) in [6.45, 7) is 36.7. The van der Waals surface area contributed by atoms with Crippen LogP contribution in [0.1, 0.15) is 136 Å². The fourth-order valence-corrected chi connectivity index (χ4v) is 5.80. The highest BCUT2D eigenvalue weighted by Gasteiger charge is 2.42.